The molecule has 3 nitrogen and oxygen atoms in total. The van der Waals surface area contributed by atoms with Crippen molar-refractivity contribution in [3.8, 4) is 5.75 Å². The Kier molecular flexibility index (Phi) is 3.83. The third kappa shape index (κ3) is 2.37. The first-order valence-electron chi connectivity index (χ1n) is 7.01. The molecule has 3 rings (SSSR count). The maximum atomic E-state index is 13.7. The van der Waals surface area contributed by atoms with Crippen molar-refractivity contribution in [2.45, 2.75) is 38.1 Å². The topological polar surface area (TPSA) is 27.1 Å². The zero-order valence-electron chi connectivity index (χ0n) is 11.5. The van der Waals surface area contributed by atoms with Crippen molar-refractivity contribution in [3.05, 3.63) is 23.8 Å². The second-order valence-electron chi connectivity index (χ2n) is 5.37. The molecule has 0 radical (unpaired) electrons. The van der Waals surface area contributed by atoms with Gasteiger partial charge in [-0.25, -0.2) is 9.37 Å². The number of hydrogen-bond donors (Lipinski definition) is 0. The van der Waals surface area contributed by atoms with E-state index >= 15 is 0 Å². The highest BCUT2D eigenvalue weighted by atomic mass is 35.5. The van der Waals surface area contributed by atoms with Crippen LogP contribution in [-0.2, 0) is 12.4 Å². The van der Waals surface area contributed by atoms with Crippen LogP contribution >= 0.6 is 11.6 Å². The maximum absolute atomic E-state index is 13.7. The molecule has 1 heterocycles. The molecule has 108 valence electrons. The second-order valence-corrected chi connectivity index (χ2v) is 5.64. The first-order valence-corrected chi connectivity index (χ1v) is 7.55. The predicted molar refractivity (Wildman–Crippen MR) is 77.8 cm³/mol. The number of aryl methyl sites for hydroxylation is 1. The molecule has 2 aromatic rings. The number of benzene rings is 1. The van der Waals surface area contributed by atoms with Crippen LogP contribution in [0.1, 0.15) is 31.5 Å². The smallest absolute Gasteiger partial charge is 0.167 e. The van der Waals surface area contributed by atoms with Gasteiger partial charge in [-0.2, -0.15) is 0 Å². The summed E-state index contributed by atoms with van der Waals surface area (Å²) in [6, 6.07) is 3.14. The van der Waals surface area contributed by atoms with Gasteiger partial charge in [-0.05, 0) is 12.3 Å². The Morgan fingerprint density at radius 3 is 2.85 bits per heavy atom. The first-order chi connectivity index (χ1) is 9.72. The molecule has 0 saturated heterocycles. The summed E-state index contributed by atoms with van der Waals surface area (Å²) in [5.74, 6) is 1.82. The summed E-state index contributed by atoms with van der Waals surface area (Å²) < 4.78 is 20.9. The normalized spacial score (nSPS) is 15.6. The molecule has 0 N–H and O–H groups in total. The van der Waals surface area contributed by atoms with E-state index in [2.05, 4.69) is 9.55 Å². The molecule has 1 aromatic heterocycles. The number of rotatable bonds is 5. The Hall–Kier alpha value is -1.29. The van der Waals surface area contributed by atoms with Gasteiger partial charge in [0.2, 0.25) is 0 Å². The van der Waals surface area contributed by atoms with E-state index in [9.17, 15) is 4.39 Å². The zero-order chi connectivity index (χ0) is 14.1. The lowest BCUT2D eigenvalue weighted by molar-refractivity contribution is 0.282. The fraction of sp³-hybridized carbons (Fsp3) is 0.533. The average Bonchev–Trinajstić information content (AvgIpc) is 2.73. The molecule has 1 aliphatic rings. The largest absolute Gasteiger partial charge is 0.494 e. The average molecular weight is 297 g/mol. The fourth-order valence-electron chi connectivity index (χ4n) is 2.78. The zero-order valence-corrected chi connectivity index (χ0v) is 12.3. The summed E-state index contributed by atoms with van der Waals surface area (Å²) in [5, 5.41) is 0. The van der Waals surface area contributed by atoms with E-state index in [0.29, 0.717) is 11.4 Å². The lowest BCUT2D eigenvalue weighted by atomic mass is 9.83. The maximum Gasteiger partial charge on any atom is 0.167 e. The lowest BCUT2D eigenvalue weighted by Gasteiger charge is -2.25. The highest BCUT2D eigenvalue weighted by molar-refractivity contribution is 6.16. The quantitative estimate of drug-likeness (QED) is 0.776. The van der Waals surface area contributed by atoms with Gasteiger partial charge in [-0.15, -0.1) is 11.6 Å². The molecule has 1 fully saturated rings. The fourth-order valence-corrected chi connectivity index (χ4v) is 2.98. The van der Waals surface area contributed by atoms with Crippen molar-refractivity contribution < 1.29 is 9.13 Å². The molecule has 0 amide bonds. The van der Waals surface area contributed by atoms with Crippen molar-refractivity contribution in [1.29, 1.82) is 0 Å². The summed E-state index contributed by atoms with van der Waals surface area (Å²) in [5.41, 5.74) is 1.55. The van der Waals surface area contributed by atoms with Crippen molar-refractivity contribution in [3.63, 3.8) is 0 Å². The van der Waals surface area contributed by atoms with Crippen LogP contribution in [0.2, 0.25) is 0 Å². The lowest BCUT2D eigenvalue weighted by Crippen LogP contribution is -2.14. The highest BCUT2D eigenvalue weighted by Gasteiger charge is 2.19. The number of alkyl halides is 1. The Labute approximate surface area is 122 Å². The summed E-state index contributed by atoms with van der Waals surface area (Å²) in [7, 11) is 1.47. The van der Waals surface area contributed by atoms with E-state index in [1.165, 1.54) is 32.4 Å². The van der Waals surface area contributed by atoms with Gasteiger partial charge < -0.3 is 9.30 Å². The summed E-state index contributed by atoms with van der Waals surface area (Å²) >= 11 is 5.97. The van der Waals surface area contributed by atoms with Gasteiger partial charge in [0.25, 0.3) is 0 Å². The molecule has 20 heavy (non-hydrogen) atoms. The third-order valence-electron chi connectivity index (χ3n) is 4.21. The molecule has 1 aliphatic carbocycles. The predicted octanol–water partition coefficient (Wildman–Crippen LogP) is 4.11. The standard InChI is InChI=1S/C15H18ClFN2O/c1-20-14-8-13-12(7-11(14)17)18-15(9-16)19(13)6-5-10-3-2-4-10/h7-8,10H,2-6,9H2,1H3. The third-order valence-corrected chi connectivity index (χ3v) is 4.45. The first kappa shape index (κ1) is 13.7. The van der Waals surface area contributed by atoms with Crippen LogP contribution in [0, 0.1) is 11.7 Å². The molecule has 0 bridgehead atoms. The minimum Gasteiger partial charge on any atom is -0.494 e. The Morgan fingerprint density at radius 1 is 1.45 bits per heavy atom. The summed E-state index contributed by atoms with van der Waals surface area (Å²) in [4.78, 5) is 4.42. The van der Waals surface area contributed by atoms with Crippen LogP contribution in [0.3, 0.4) is 0 Å². The van der Waals surface area contributed by atoms with E-state index in [-0.39, 0.29) is 11.6 Å². The van der Waals surface area contributed by atoms with Gasteiger partial charge in [0.15, 0.2) is 11.6 Å². The van der Waals surface area contributed by atoms with E-state index < -0.39 is 0 Å². The van der Waals surface area contributed by atoms with Crippen molar-refractivity contribution in [2.75, 3.05) is 7.11 Å². The second kappa shape index (κ2) is 5.60. The molecule has 1 aromatic carbocycles. The van der Waals surface area contributed by atoms with Crippen molar-refractivity contribution >= 4 is 22.6 Å². The molecule has 0 unspecified atom stereocenters. The van der Waals surface area contributed by atoms with E-state index in [0.717, 1.165) is 30.2 Å². The Balaban J connectivity index is 1.97. The van der Waals surface area contributed by atoms with Crippen LogP contribution < -0.4 is 4.74 Å². The Bertz CT molecular complexity index is 622. The minimum absolute atomic E-state index is 0.253. The molecular weight excluding hydrogens is 279 g/mol. The van der Waals surface area contributed by atoms with Gasteiger partial charge in [-0.1, -0.05) is 19.3 Å². The van der Waals surface area contributed by atoms with Gasteiger partial charge in [0.1, 0.15) is 5.82 Å². The van der Waals surface area contributed by atoms with Crippen LogP contribution in [0.5, 0.6) is 5.75 Å². The number of fused-ring (bicyclic) bond motifs is 1. The van der Waals surface area contributed by atoms with Gasteiger partial charge >= 0.3 is 0 Å². The summed E-state index contributed by atoms with van der Waals surface area (Å²) in [6.45, 7) is 0.887. The Morgan fingerprint density at radius 2 is 2.25 bits per heavy atom. The SMILES string of the molecule is COc1cc2c(cc1F)nc(CCl)n2CCC1CCC1. The van der Waals surface area contributed by atoms with Crippen molar-refractivity contribution in [2.24, 2.45) is 5.92 Å². The molecule has 0 spiro atoms. The number of nitrogens with zero attached hydrogens (tertiary/aromatic N) is 2. The number of methoxy groups -OCH3 is 1. The molecular formula is C15H18ClFN2O. The number of halogens is 2. The molecule has 1 saturated carbocycles. The summed E-state index contributed by atoms with van der Waals surface area (Å²) in [6.07, 6.45) is 5.12. The highest BCUT2D eigenvalue weighted by Crippen LogP contribution is 2.31. The van der Waals surface area contributed by atoms with Crippen LogP contribution in [0.25, 0.3) is 11.0 Å². The van der Waals surface area contributed by atoms with Crippen LogP contribution in [-0.4, -0.2) is 16.7 Å². The van der Waals surface area contributed by atoms with E-state index in [4.69, 9.17) is 16.3 Å². The molecule has 0 atom stereocenters. The number of ether oxygens (including phenoxy) is 1. The van der Waals surface area contributed by atoms with Gasteiger partial charge in [0, 0.05) is 18.7 Å². The van der Waals surface area contributed by atoms with Crippen molar-refractivity contribution in [1.82, 2.24) is 9.55 Å². The van der Waals surface area contributed by atoms with Gasteiger partial charge in [0.05, 0.1) is 24.0 Å². The minimum atomic E-state index is -0.384. The monoisotopic (exact) mass is 296 g/mol. The van der Waals surface area contributed by atoms with Gasteiger partial charge in [-0.3, -0.25) is 0 Å². The number of hydrogen-bond acceptors (Lipinski definition) is 2. The molecule has 5 heteroatoms. The van der Waals surface area contributed by atoms with Crippen LogP contribution in [0.4, 0.5) is 4.39 Å². The van der Waals surface area contributed by atoms with Crippen LogP contribution in [0.15, 0.2) is 12.1 Å². The number of imidazole rings is 1. The molecule has 0 aliphatic heterocycles. The van der Waals surface area contributed by atoms with E-state index in [1.54, 1.807) is 6.07 Å². The number of aromatic nitrogens is 2. The van der Waals surface area contributed by atoms with E-state index in [1.807, 2.05) is 0 Å².